The van der Waals surface area contributed by atoms with Crippen LogP contribution in [0.1, 0.15) is 34.6 Å². The molecule has 0 saturated carbocycles. The maximum absolute atomic E-state index is 12.5. The molecule has 0 atom stereocenters. The molecule has 3 heterocycles. The Hall–Kier alpha value is -2.97. The Morgan fingerprint density at radius 2 is 1.96 bits per heavy atom. The third kappa shape index (κ3) is 3.24. The van der Waals surface area contributed by atoms with Crippen LogP contribution in [0.15, 0.2) is 18.5 Å². The van der Waals surface area contributed by atoms with Crippen molar-refractivity contribution < 1.29 is 4.79 Å². The Labute approximate surface area is 151 Å². The lowest BCUT2D eigenvalue weighted by molar-refractivity contribution is -0.123. The molecule has 0 aliphatic heterocycles. The maximum Gasteiger partial charge on any atom is 0.233 e. The first-order chi connectivity index (χ1) is 12.3. The van der Waals surface area contributed by atoms with Gasteiger partial charge in [-0.1, -0.05) is 20.8 Å². The number of amides is 1. The number of imidazole rings is 1. The number of aryl methyl sites for hydroxylation is 1. The van der Waals surface area contributed by atoms with Crippen LogP contribution < -0.4 is 10.6 Å². The van der Waals surface area contributed by atoms with Crippen LogP contribution in [0.25, 0.3) is 17.1 Å². The van der Waals surface area contributed by atoms with Gasteiger partial charge < -0.3 is 10.6 Å². The Kier molecular flexibility index (Phi) is 4.62. The van der Waals surface area contributed by atoms with E-state index in [0.717, 1.165) is 0 Å². The fourth-order valence-corrected chi connectivity index (χ4v) is 2.46. The molecule has 0 bridgehead atoms. The third-order valence-corrected chi connectivity index (χ3v) is 3.85. The highest BCUT2D eigenvalue weighted by Crippen LogP contribution is 2.26. The van der Waals surface area contributed by atoms with E-state index in [4.69, 9.17) is 0 Å². The molecule has 9 nitrogen and oxygen atoms in total. The number of hydrogen-bond donors (Lipinski definition) is 2. The van der Waals surface area contributed by atoms with Crippen molar-refractivity contribution in [1.82, 2.24) is 29.3 Å². The zero-order valence-corrected chi connectivity index (χ0v) is 15.7. The summed E-state index contributed by atoms with van der Waals surface area (Å²) >= 11 is 0. The highest BCUT2D eigenvalue weighted by atomic mass is 16.2. The molecule has 0 unspecified atom stereocenters. The van der Waals surface area contributed by atoms with Crippen molar-refractivity contribution in [2.45, 2.75) is 41.2 Å². The van der Waals surface area contributed by atoms with E-state index in [-0.39, 0.29) is 5.91 Å². The van der Waals surface area contributed by atoms with Gasteiger partial charge in [0, 0.05) is 30.9 Å². The number of fused-ring (bicyclic) bond motifs is 1. The minimum Gasteiger partial charge on any atom is -0.354 e. The van der Waals surface area contributed by atoms with Gasteiger partial charge >= 0.3 is 0 Å². The van der Waals surface area contributed by atoms with E-state index in [1.54, 1.807) is 10.9 Å². The first-order valence-electron chi connectivity index (χ1n) is 8.68. The normalized spacial score (nSPS) is 11.7. The van der Waals surface area contributed by atoms with Gasteiger partial charge in [-0.15, -0.1) is 0 Å². The molecule has 138 valence electrons. The predicted octanol–water partition coefficient (Wildman–Crippen LogP) is 2.45. The quantitative estimate of drug-likeness (QED) is 0.728. The van der Waals surface area contributed by atoms with Crippen molar-refractivity contribution in [2.24, 2.45) is 5.41 Å². The summed E-state index contributed by atoms with van der Waals surface area (Å²) in [4.78, 5) is 26.2. The summed E-state index contributed by atoms with van der Waals surface area (Å²) in [6, 6.07) is 1.83. The van der Waals surface area contributed by atoms with E-state index in [2.05, 4.69) is 30.7 Å². The first kappa shape index (κ1) is 17.8. The van der Waals surface area contributed by atoms with Crippen LogP contribution in [-0.2, 0) is 11.3 Å². The van der Waals surface area contributed by atoms with E-state index in [9.17, 15) is 4.79 Å². The molecule has 1 amide bonds. The number of carbonyl (C=O) groups is 1. The Bertz CT molecular complexity index is 921. The van der Waals surface area contributed by atoms with Gasteiger partial charge in [0.15, 0.2) is 17.0 Å². The van der Waals surface area contributed by atoms with Crippen LogP contribution in [-0.4, -0.2) is 41.8 Å². The zero-order chi connectivity index (χ0) is 18.9. The van der Waals surface area contributed by atoms with Gasteiger partial charge in [0.05, 0.1) is 0 Å². The lowest BCUT2D eigenvalue weighted by Gasteiger charge is -2.17. The number of anilines is 2. The van der Waals surface area contributed by atoms with Gasteiger partial charge in [0.25, 0.3) is 0 Å². The van der Waals surface area contributed by atoms with Crippen LogP contribution >= 0.6 is 0 Å². The van der Waals surface area contributed by atoms with Crippen molar-refractivity contribution in [3.05, 3.63) is 18.5 Å². The molecule has 9 heteroatoms. The number of nitrogens with one attached hydrogen (secondary N) is 2. The second-order valence-electron chi connectivity index (χ2n) is 6.91. The maximum atomic E-state index is 12.5. The minimum atomic E-state index is -0.548. The van der Waals surface area contributed by atoms with Gasteiger partial charge in [-0.3, -0.25) is 9.36 Å². The van der Waals surface area contributed by atoms with Gasteiger partial charge in [-0.2, -0.15) is 15.1 Å². The summed E-state index contributed by atoms with van der Waals surface area (Å²) in [6.07, 6.45) is 3.51. The molecule has 0 radical (unpaired) electrons. The Balaban J connectivity index is 2.20. The van der Waals surface area contributed by atoms with Crippen LogP contribution in [0.4, 0.5) is 11.8 Å². The molecule has 26 heavy (non-hydrogen) atoms. The number of rotatable bonds is 5. The summed E-state index contributed by atoms with van der Waals surface area (Å²) < 4.78 is 3.62. The summed E-state index contributed by atoms with van der Waals surface area (Å²) in [5.74, 6) is 1.34. The second kappa shape index (κ2) is 6.74. The molecule has 3 aromatic heterocycles. The van der Waals surface area contributed by atoms with Gasteiger partial charge in [-0.05, 0) is 19.9 Å². The van der Waals surface area contributed by atoms with E-state index in [0.29, 0.717) is 42.0 Å². The average molecular weight is 356 g/mol. The molecular formula is C17H24N8O. The van der Waals surface area contributed by atoms with Crippen LogP contribution in [0.3, 0.4) is 0 Å². The first-order valence-corrected chi connectivity index (χ1v) is 8.68. The van der Waals surface area contributed by atoms with Gasteiger partial charge in [0.2, 0.25) is 17.8 Å². The fraction of sp³-hybridized carbons (Fsp3) is 0.471. The highest BCUT2D eigenvalue weighted by Gasteiger charge is 2.25. The monoisotopic (exact) mass is 356 g/mol. The summed E-state index contributed by atoms with van der Waals surface area (Å²) in [6.45, 7) is 10.9. The van der Waals surface area contributed by atoms with E-state index in [1.165, 1.54) is 0 Å². The molecule has 3 aromatic rings. The lowest BCUT2D eigenvalue weighted by atomic mass is 9.96. The Morgan fingerprint density at radius 3 is 2.54 bits per heavy atom. The van der Waals surface area contributed by atoms with E-state index < -0.39 is 5.41 Å². The molecule has 3 rings (SSSR count). The van der Waals surface area contributed by atoms with Crippen molar-refractivity contribution in [1.29, 1.82) is 0 Å². The number of nitrogens with zero attached hydrogens (tertiary/aromatic N) is 6. The standard InChI is InChI=1S/C17H24N8O/c1-6-18-15-22-12(21-14(26)17(3,4)5)11-13(23-15)24(7-2)16(20-11)25-10-8-9-19-25/h8-10H,6-7H2,1-5H3,(H2,18,21,22,23,26). The van der Waals surface area contributed by atoms with Crippen molar-refractivity contribution in [3.63, 3.8) is 0 Å². The van der Waals surface area contributed by atoms with E-state index >= 15 is 0 Å². The number of aromatic nitrogens is 6. The molecule has 0 aromatic carbocycles. The van der Waals surface area contributed by atoms with E-state index in [1.807, 2.05) is 51.4 Å². The predicted molar refractivity (Wildman–Crippen MR) is 100 cm³/mol. The fourth-order valence-electron chi connectivity index (χ4n) is 2.46. The topological polar surface area (TPSA) is 103 Å². The molecule has 0 saturated heterocycles. The SMILES string of the molecule is CCNc1nc(NC(=O)C(C)(C)C)c2nc(-n3cccn3)n(CC)c2n1. The average Bonchev–Trinajstić information content (AvgIpc) is 3.21. The minimum absolute atomic E-state index is 0.133. The second-order valence-corrected chi connectivity index (χ2v) is 6.91. The zero-order valence-electron chi connectivity index (χ0n) is 15.7. The Morgan fingerprint density at radius 1 is 1.19 bits per heavy atom. The lowest BCUT2D eigenvalue weighted by Crippen LogP contribution is -2.28. The molecule has 0 aliphatic carbocycles. The largest absolute Gasteiger partial charge is 0.354 e. The summed E-state index contributed by atoms with van der Waals surface area (Å²) in [7, 11) is 0. The third-order valence-electron chi connectivity index (χ3n) is 3.85. The van der Waals surface area contributed by atoms with Crippen LogP contribution in [0.2, 0.25) is 0 Å². The summed E-state index contributed by atoms with van der Waals surface area (Å²) in [5.41, 5.74) is 0.637. The van der Waals surface area contributed by atoms with Gasteiger partial charge in [0.1, 0.15) is 0 Å². The molecule has 0 aliphatic rings. The van der Waals surface area contributed by atoms with Crippen LogP contribution in [0.5, 0.6) is 0 Å². The van der Waals surface area contributed by atoms with Crippen molar-refractivity contribution in [2.75, 3.05) is 17.2 Å². The number of hydrogen-bond acceptors (Lipinski definition) is 6. The van der Waals surface area contributed by atoms with Crippen LogP contribution in [0, 0.1) is 5.41 Å². The molecule has 0 spiro atoms. The number of carbonyl (C=O) groups excluding carboxylic acids is 1. The summed E-state index contributed by atoms with van der Waals surface area (Å²) in [5, 5.41) is 10.3. The highest BCUT2D eigenvalue weighted by molar-refractivity contribution is 6.00. The molecule has 2 N–H and O–H groups in total. The van der Waals surface area contributed by atoms with Gasteiger partial charge in [-0.25, -0.2) is 9.67 Å². The van der Waals surface area contributed by atoms with Crippen molar-refractivity contribution >= 4 is 28.8 Å². The molecular weight excluding hydrogens is 332 g/mol. The molecule has 0 fully saturated rings. The van der Waals surface area contributed by atoms with Crippen molar-refractivity contribution in [3.8, 4) is 5.95 Å². The smallest absolute Gasteiger partial charge is 0.233 e.